The van der Waals surface area contributed by atoms with Gasteiger partial charge < -0.3 is 0 Å². The molecular formula is C15H13NO2. The van der Waals surface area contributed by atoms with Gasteiger partial charge in [-0.05, 0) is 30.2 Å². The van der Waals surface area contributed by atoms with Gasteiger partial charge in [0.25, 0.3) is 5.69 Å². The zero-order valence-electron chi connectivity index (χ0n) is 10.0. The fourth-order valence-electron chi connectivity index (χ4n) is 1.58. The minimum atomic E-state index is -0.395. The Morgan fingerprint density at radius 2 is 1.33 bits per heavy atom. The van der Waals surface area contributed by atoms with Crippen molar-refractivity contribution in [3.8, 4) is 0 Å². The third-order valence-corrected chi connectivity index (χ3v) is 2.65. The Morgan fingerprint density at radius 3 is 1.78 bits per heavy atom. The SMILES string of the molecule is Cc1ccc(/C=C\c2ccc([N+](=O)[O-])cc2)cc1. The highest BCUT2D eigenvalue weighted by Gasteiger charge is 2.01. The van der Waals surface area contributed by atoms with Crippen LogP contribution >= 0.6 is 0 Å². The summed E-state index contributed by atoms with van der Waals surface area (Å²) in [6, 6.07) is 14.7. The largest absolute Gasteiger partial charge is 0.269 e. The summed E-state index contributed by atoms with van der Waals surface area (Å²) in [5.41, 5.74) is 3.39. The summed E-state index contributed by atoms with van der Waals surface area (Å²) in [5.74, 6) is 0. The molecule has 3 heteroatoms. The van der Waals surface area contributed by atoms with E-state index in [2.05, 4.69) is 12.1 Å². The standard InChI is InChI=1S/C15H13NO2/c1-12-2-4-13(5-3-12)6-7-14-8-10-15(11-9-14)16(17)18/h2-11H,1H3/b7-6-. The van der Waals surface area contributed by atoms with Crippen LogP contribution in [-0.2, 0) is 0 Å². The number of hydrogen-bond acceptors (Lipinski definition) is 2. The van der Waals surface area contributed by atoms with Crippen molar-refractivity contribution in [2.75, 3.05) is 0 Å². The Bertz CT molecular complexity index is 568. The van der Waals surface area contributed by atoms with Gasteiger partial charge in [0.2, 0.25) is 0 Å². The molecule has 0 N–H and O–H groups in total. The molecule has 0 fully saturated rings. The molecule has 90 valence electrons. The van der Waals surface area contributed by atoms with Gasteiger partial charge in [0.1, 0.15) is 0 Å². The summed E-state index contributed by atoms with van der Waals surface area (Å²) in [7, 11) is 0. The Hall–Kier alpha value is -2.42. The Labute approximate surface area is 106 Å². The smallest absolute Gasteiger partial charge is 0.258 e. The van der Waals surface area contributed by atoms with Crippen LogP contribution in [0.1, 0.15) is 16.7 Å². The summed E-state index contributed by atoms with van der Waals surface area (Å²) < 4.78 is 0. The van der Waals surface area contributed by atoms with Gasteiger partial charge in [-0.3, -0.25) is 10.1 Å². The summed E-state index contributed by atoms with van der Waals surface area (Å²) >= 11 is 0. The van der Waals surface area contributed by atoms with Gasteiger partial charge in [0.15, 0.2) is 0 Å². The van der Waals surface area contributed by atoms with Crippen molar-refractivity contribution in [2.24, 2.45) is 0 Å². The molecule has 0 unspecified atom stereocenters. The fourth-order valence-corrected chi connectivity index (χ4v) is 1.58. The highest BCUT2D eigenvalue weighted by molar-refractivity contribution is 5.70. The van der Waals surface area contributed by atoms with Crippen molar-refractivity contribution in [2.45, 2.75) is 6.92 Å². The molecule has 0 saturated carbocycles. The van der Waals surface area contributed by atoms with Crippen molar-refractivity contribution >= 4 is 17.8 Å². The average Bonchev–Trinajstić information content (AvgIpc) is 2.38. The molecule has 2 aromatic carbocycles. The number of benzene rings is 2. The van der Waals surface area contributed by atoms with Gasteiger partial charge in [-0.1, -0.05) is 42.0 Å². The highest BCUT2D eigenvalue weighted by atomic mass is 16.6. The van der Waals surface area contributed by atoms with E-state index in [9.17, 15) is 10.1 Å². The second kappa shape index (κ2) is 5.27. The normalized spacial score (nSPS) is 10.7. The molecule has 0 radical (unpaired) electrons. The van der Waals surface area contributed by atoms with Crippen LogP contribution in [-0.4, -0.2) is 4.92 Å². The molecular weight excluding hydrogens is 226 g/mol. The molecule has 0 saturated heterocycles. The lowest BCUT2D eigenvalue weighted by Crippen LogP contribution is -1.86. The first-order valence-corrected chi connectivity index (χ1v) is 5.64. The van der Waals surface area contributed by atoms with Crippen molar-refractivity contribution < 1.29 is 4.92 Å². The van der Waals surface area contributed by atoms with Crippen molar-refractivity contribution in [3.05, 3.63) is 75.3 Å². The topological polar surface area (TPSA) is 43.1 Å². The third kappa shape index (κ3) is 3.04. The van der Waals surface area contributed by atoms with Crippen molar-refractivity contribution in [1.82, 2.24) is 0 Å². The van der Waals surface area contributed by atoms with E-state index in [0.717, 1.165) is 11.1 Å². The number of nitrogens with zero attached hydrogens (tertiary/aromatic N) is 1. The Morgan fingerprint density at radius 1 is 0.889 bits per heavy atom. The molecule has 2 aromatic rings. The van der Waals surface area contributed by atoms with Crippen LogP contribution < -0.4 is 0 Å². The number of hydrogen-bond donors (Lipinski definition) is 0. The molecule has 0 aliphatic heterocycles. The summed E-state index contributed by atoms with van der Waals surface area (Å²) in [6.07, 6.45) is 3.93. The molecule has 0 aliphatic carbocycles. The lowest BCUT2D eigenvalue weighted by Gasteiger charge is -1.96. The first-order chi connectivity index (χ1) is 8.65. The molecule has 18 heavy (non-hydrogen) atoms. The molecule has 0 spiro atoms. The first-order valence-electron chi connectivity index (χ1n) is 5.64. The van der Waals surface area contributed by atoms with Crippen LogP contribution in [0.25, 0.3) is 12.2 Å². The van der Waals surface area contributed by atoms with Crippen LogP contribution in [0.3, 0.4) is 0 Å². The molecule has 0 aliphatic rings. The second-order valence-electron chi connectivity index (χ2n) is 4.09. The van der Waals surface area contributed by atoms with Gasteiger partial charge in [0.05, 0.1) is 4.92 Å². The molecule has 0 heterocycles. The molecule has 0 amide bonds. The third-order valence-electron chi connectivity index (χ3n) is 2.65. The fraction of sp³-hybridized carbons (Fsp3) is 0.0667. The number of nitro groups is 1. The lowest BCUT2D eigenvalue weighted by atomic mass is 10.1. The van der Waals surface area contributed by atoms with Gasteiger partial charge in [0, 0.05) is 12.1 Å². The summed E-state index contributed by atoms with van der Waals surface area (Å²) in [6.45, 7) is 2.05. The van der Waals surface area contributed by atoms with Gasteiger partial charge in [-0.25, -0.2) is 0 Å². The van der Waals surface area contributed by atoms with Crippen LogP contribution in [0.4, 0.5) is 5.69 Å². The molecule has 0 atom stereocenters. The second-order valence-corrected chi connectivity index (χ2v) is 4.09. The van der Waals surface area contributed by atoms with E-state index in [-0.39, 0.29) is 5.69 Å². The summed E-state index contributed by atoms with van der Waals surface area (Å²) in [5, 5.41) is 10.5. The van der Waals surface area contributed by atoms with E-state index in [1.54, 1.807) is 12.1 Å². The Balaban J connectivity index is 2.13. The number of nitro benzene ring substituents is 1. The minimum Gasteiger partial charge on any atom is -0.258 e. The minimum absolute atomic E-state index is 0.113. The number of non-ortho nitro benzene ring substituents is 1. The maximum atomic E-state index is 10.5. The van der Waals surface area contributed by atoms with E-state index < -0.39 is 4.92 Å². The lowest BCUT2D eigenvalue weighted by molar-refractivity contribution is -0.384. The van der Waals surface area contributed by atoms with E-state index in [1.807, 2.05) is 31.2 Å². The predicted molar refractivity (Wildman–Crippen MR) is 73.2 cm³/mol. The first kappa shape index (κ1) is 12.0. The molecule has 0 aromatic heterocycles. The van der Waals surface area contributed by atoms with Crippen LogP contribution in [0.15, 0.2) is 48.5 Å². The van der Waals surface area contributed by atoms with E-state index in [4.69, 9.17) is 0 Å². The van der Waals surface area contributed by atoms with Gasteiger partial charge in [-0.2, -0.15) is 0 Å². The van der Waals surface area contributed by atoms with E-state index in [0.29, 0.717) is 0 Å². The monoisotopic (exact) mass is 239 g/mol. The van der Waals surface area contributed by atoms with Crippen LogP contribution in [0.5, 0.6) is 0 Å². The Kier molecular flexibility index (Phi) is 3.53. The average molecular weight is 239 g/mol. The summed E-state index contributed by atoms with van der Waals surface area (Å²) in [4.78, 5) is 10.1. The molecule has 2 rings (SSSR count). The van der Waals surface area contributed by atoms with E-state index >= 15 is 0 Å². The van der Waals surface area contributed by atoms with Gasteiger partial charge >= 0.3 is 0 Å². The zero-order valence-corrected chi connectivity index (χ0v) is 10.0. The molecule has 3 nitrogen and oxygen atoms in total. The van der Waals surface area contributed by atoms with Gasteiger partial charge in [-0.15, -0.1) is 0 Å². The van der Waals surface area contributed by atoms with Crippen molar-refractivity contribution in [3.63, 3.8) is 0 Å². The zero-order chi connectivity index (χ0) is 13.0. The van der Waals surface area contributed by atoms with E-state index in [1.165, 1.54) is 17.7 Å². The van der Waals surface area contributed by atoms with Crippen LogP contribution in [0, 0.1) is 17.0 Å². The number of rotatable bonds is 3. The highest BCUT2D eigenvalue weighted by Crippen LogP contribution is 2.14. The van der Waals surface area contributed by atoms with Crippen molar-refractivity contribution in [1.29, 1.82) is 0 Å². The quantitative estimate of drug-likeness (QED) is 0.460. The maximum absolute atomic E-state index is 10.5. The molecule has 0 bridgehead atoms. The number of aryl methyl sites for hydroxylation is 1. The maximum Gasteiger partial charge on any atom is 0.269 e. The predicted octanol–water partition coefficient (Wildman–Crippen LogP) is 4.07. The van der Waals surface area contributed by atoms with Crippen LogP contribution in [0.2, 0.25) is 0 Å².